The van der Waals surface area contributed by atoms with Crippen LogP contribution in [0.15, 0.2) is 52.2 Å². The summed E-state index contributed by atoms with van der Waals surface area (Å²) >= 11 is 0. The second-order valence-electron chi connectivity index (χ2n) is 7.99. The van der Waals surface area contributed by atoms with Crippen molar-refractivity contribution >= 4 is 24.1 Å². The lowest BCUT2D eigenvalue weighted by molar-refractivity contribution is -0.137. The van der Waals surface area contributed by atoms with Crippen molar-refractivity contribution in [2.24, 2.45) is 33.4 Å². The van der Waals surface area contributed by atoms with Crippen LogP contribution in [0.4, 0.5) is 19.0 Å². The maximum atomic E-state index is 12.6. The number of hydrogen-bond donors (Lipinski definition) is 3. The van der Waals surface area contributed by atoms with Gasteiger partial charge in [-0.3, -0.25) is 10.0 Å². The van der Waals surface area contributed by atoms with Crippen LogP contribution in [0, 0.1) is 11.8 Å². The van der Waals surface area contributed by atoms with E-state index in [1.54, 1.807) is 6.34 Å². The number of nitrogens with zero attached hydrogens (tertiary/aromatic N) is 3. The summed E-state index contributed by atoms with van der Waals surface area (Å²) in [4.78, 5) is 11.8. The molecule has 1 aliphatic carbocycles. The number of alkyl halides is 3. The molecule has 164 valence electrons. The van der Waals surface area contributed by atoms with Gasteiger partial charge in [0.15, 0.2) is 0 Å². The lowest BCUT2D eigenvalue weighted by Crippen LogP contribution is -2.34. The third-order valence-corrected chi connectivity index (χ3v) is 5.91. The van der Waals surface area contributed by atoms with Crippen molar-refractivity contribution in [2.45, 2.75) is 38.4 Å². The van der Waals surface area contributed by atoms with E-state index in [0.717, 1.165) is 66.2 Å². The van der Waals surface area contributed by atoms with Gasteiger partial charge in [0.25, 0.3) is 0 Å². The van der Waals surface area contributed by atoms with Gasteiger partial charge in [0.05, 0.1) is 17.8 Å². The summed E-state index contributed by atoms with van der Waals surface area (Å²) in [6.07, 6.45) is 4.75. The summed E-state index contributed by atoms with van der Waals surface area (Å²) < 4.78 is 37.9. The van der Waals surface area contributed by atoms with Crippen molar-refractivity contribution in [3.05, 3.63) is 58.9 Å². The first-order valence-electron chi connectivity index (χ1n) is 10.2. The minimum Gasteiger partial charge on any atom is -0.400 e. The molecule has 0 bridgehead atoms. The van der Waals surface area contributed by atoms with Crippen LogP contribution in [-0.2, 0) is 12.7 Å². The van der Waals surface area contributed by atoms with E-state index in [1.165, 1.54) is 17.1 Å². The van der Waals surface area contributed by atoms with Gasteiger partial charge in [-0.1, -0.05) is 12.1 Å². The zero-order chi connectivity index (χ0) is 22.0. The van der Waals surface area contributed by atoms with Crippen LogP contribution in [0.3, 0.4) is 0 Å². The SMILES string of the molecule is N/C(=C1/c2cc[nH]c2N=CN1N)C1CCC(C=NCc2ccc(C(F)(F)F)cc2)CC1. The number of hydrazine groups is 1. The van der Waals surface area contributed by atoms with Crippen molar-refractivity contribution in [3.63, 3.8) is 0 Å². The highest BCUT2D eigenvalue weighted by Crippen LogP contribution is 2.37. The second kappa shape index (κ2) is 8.58. The lowest BCUT2D eigenvalue weighted by Gasteiger charge is -2.30. The van der Waals surface area contributed by atoms with Crippen molar-refractivity contribution in [2.75, 3.05) is 0 Å². The summed E-state index contributed by atoms with van der Waals surface area (Å²) in [5.74, 6) is 7.42. The number of fused-ring (bicyclic) bond motifs is 1. The first-order valence-corrected chi connectivity index (χ1v) is 10.2. The Labute approximate surface area is 178 Å². The van der Waals surface area contributed by atoms with Gasteiger partial charge < -0.3 is 10.7 Å². The number of H-pyrrole nitrogens is 1. The normalized spacial score (nSPS) is 23.3. The quantitative estimate of drug-likeness (QED) is 0.489. The van der Waals surface area contributed by atoms with Gasteiger partial charge in [-0.2, -0.15) is 13.2 Å². The number of allylic oxidation sites excluding steroid dienone is 1. The molecule has 0 saturated heterocycles. The molecule has 31 heavy (non-hydrogen) atoms. The Morgan fingerprint density at radius 2 is 1.87 bits per heavy atom. The van der Waals surface area contributed by atoms with E-state index in [0.29, 0.717) is 12.5 Å². The molecule has 2 aliphatic rings. The molecule has 6 nitrogen and oxygen atoms in total. The van der Waals surface area contributed by atoms with E-state index in [2.05, 4.69) is 15.0 Å². The van der Waals surface area contributed by atoms with E-state index >= 15 is 0 Å². The smallest absolute Gasteiger partial charge is 0.400 e. The number of nitrogens with two attached hydrogens (primary N) is 2. The van der Waals surface area contributed by atoms with Crippen LogP contribution in [0.1, 0.15) is 42.4 Å². The summed E-state index contributed by atoms with van der Waals surface area (Å²) in [6, 6.07) is 7.07. The van der Waals surface area contributed by atoms with E-state index in [1.807, 2.05) is 18.5 Å². The molecule has 1 aromatic heterocycles. The number of rotatable bonds is 4. The van der Waals surface area contributed by atoms with E-state index in [9.17, 15) is 13.2 Å². The number of aromatic nitrogens is 1. The molecule has 0 radical (unpaired) electrons. The zero-order valence-electron chi connectivity index (χ0n) is 16.9. The molecule has 2 aromatic rings. The van der Waals surface area contributed by atoms with Crippen molar-refractivity contribution < 1.29 is 13.2 Å². The predicted octanol–water partition coefficient (Wildman–Crippen LogP) is 4.59. The number of hydrogen-bond acceptors (Lipinski definition) is 5. The van der Waals surface area contributed by atoms with Crippen molar-refractivity contribution in [3.8, 4) is 0 Å². The molecule has 5 N–H and O–H groups in total. The molecule has 0 unspecified atom stereocenters. The first-order chi connectivity index (χ1) is 14.8. The molecule has 0 atom stereocenters. The zero-order valence-corrected chi connectivity index (χ0v) is 16.9. The minimum atomic E-state index is -4.31. The van der Waals surface area contributed by atoms with Crippen LogP contribution in [0.5, 0.6) is 0 Å². The molecule has 4 rings (SSSR count). The van der Waals surface area contributed by atoms with Gasteiger partial charge in [0.1, 0.15) is 12.2 Å². The number of halogens is 3. The summed E-state index contributed by atoms with van der Waals surface area (Å²) in [6.45, 7) is 0.377. The lowest BCUT2D eigenvalue weighted by atomic mass is 9.80. The van der Waals surface area contributed by atoms with E-state index in [-0.39, 0.29) is 5.92 Å². The molecule has 1 fully saturated rings. The molecular formula is C22H25F3N6. The number of nitrogens with one attached hydrogen (secondary N) is 1. The largest absolute Gasteiger partial charge is 0.416 e. The highest BCUT2D eigenvalue weighted by Gasteiger charge is 2.30. The Balaban J connectivity index is 1.33. The van der Waals surface area contributed by atoms with Gasteiger partial charge in [-0.05, 0) is 55.4 Å². The monoisotopic (exact) mass is 430 g/mol. The molecule has 1 aromatic carbocycles. The molecule has 9 heteroatoms. The topological polar surface area (TPSA) is 95.8 Å². The van der Waals surface area contributed by atoms with Gasteiger partial charge in [0.2, 0.25) is 0 Å². The summed E-state index contributed by atoms with van der Waals surface area (Å²) in [5, 5.41) is 1.48. The first kappa shape index (κ1) is 21.2. The van der Waals surface area contributed by atoms with Crippen LogP contribution in [0.2, 0.25) is 0 Å². The summed E-state index contributed by atoms with van der Waals surface area (Å²) in [5.41, 5.74) is 9.11. The Hall–Kier alpha value is -3.07. The average molecular weight is 430 g/mol. The maximum absolute atomic E-state index is 12.6. The third-order valence-electron chi connectivity index (χ3n) is 5.91. The Kier molecular flexibility index (Phi) is 5.86. The van der Waals surface area contributed by atoms with Gasteiger partial charge >= 0.3 is 6.18 Å². The molecule has 0 amide bonds. The minimum absolute atomic E-state index is 0.231. The molecule has 0 spiro atoms. The fourth-order valence-electron chi connectivity index (χ4n) is 4.16. The second-order valence-corrected chi connectivity index (χ2v) is 7.99. The van der Waals surface area contributed by atoms with Crippen LogP contribution >= 0.6 is 0 Å². The highest BCUT2D eigenvalue weighted by atomic mass is 19.4. The molecular weight excluding hydrogens is 405 g/mol. The number of aromatic amines is 1. The predicted molar refractivity (Wildman–Crippen MR) is 115 cm³/mol. The van der Waals surface area contributed by atoms with Crippen LogP contribution in [-0.4, -0.2) is 22.5 Å². The van der Waals surface area contributed by atoms with Gasteiger partial charge in [0, 0.05) is 29.6 Å². The molecule has 1 aliphatic heterocycles. The molecule has 1 saturated carbocycles. The third kappa shape index (κ3) is 4.66. The fourth-order valence-corrected chi connectivity index (χ4v) is 4.16. The van der Waals surface area contributed by atoms with E-state index in [4.69, 9.17) is 11.6 Å². The number of benzene rings is 1. The Morgan fingerprint density at radius 1 is 1.16 bits per heavy atom. The summed E-state index contributed by atoms with van der Waals surface area (Å²) in [7, 11) is 0. The van der Waals surface area contributed by atoms with E-state index < -0.39 is 11.7 Å². The van der Waals surface area contributed by atoms with Crippen molar-refractivity contribution in [1.82, 2.24) is 9.99 Å². The maximum Gasteiger partial charge on any atom is 0.416 e. The van der Waals surface area contributed by atoms with Gasteiger partial charge in [-0.25, -0.2) is 10.8 Å². The van der Waals surface area contributed by atoms with Crippen LogP contribution in [0.25, 0.3) is 5.70 Å². The molecule has 2 heterocycles. The fraction of sp³-hybridized carbons (Fsp3) is 0.364. The Bertz CT molecular complexity index is 995. The Morgan fingerprint density at radius 3 is 2.55 bits per heavy atom. The van der Waals surface area contributed by atoms with Gasteiger partial charge in [-0.15, -0.1) is 0 Å². The average Bonchev–Trinajstić information content (AvgIpc) is 3.22. The standard InChI is InChI=1S/C22H25F3N6/c23-22(24,25)17-7-3-15(4-8-17)12-28-11-14-1-5-16(6-2-14)19(26)20-18-9-10-29-21(18)30-13-31(20)27/h3-4,7-11,13-14,16,29H,1-2,5-6,12,26-27H2/b20-19-,28-11?. The highest BCUT2D eigenvalue weighted by molar-refractivity contribution is 5.86. The van der Waals surface area contributed by atoms with Crippen molar-refractivity contribution in [1.29, 1.82) is 0 Å². The van der Waals surface area contributed by atoms with Crippen LogP contribution < -0.4 is 11.6 Å². The number of aliphatic imine (C=N–C) groups is 2.